The summed E-state index contributed by atoms with van der Waals surface area (Å²) in [6.45, 7) is 9.06. The van der Waals surface area contributed by atoms with Crippen LogP contribution >= 0.6 is 0 Å². The summed E-state index contributed by atoms with van der Waals surface area (Å²) in [4.78, 5) is 9.33. The van der Waals surface area contributed by atoms with Gasteiger partial charge in [0.1, 0.15) is 0 Å². The number of nitrogens with zero attached hydrogens (tertiary/aromatic N) is 3. The van der Waals surface area contributed by atoms with E-state index in [1.807, 2.05) is 12.3 Å². The highest BCUT2D eigenvalue weighted by Gasteiger charge is 2.14. The number of likely N-dealkylation sites (N-methyl/N-ethyl adjacent to an activating group) is 1. The van der Waals surface area contributed by atoms with Gasteiger partial charge in [-0.05, 0) is 26.1 Å². The molecule has 1 fully saturated rings. The first-order valence-corrected chi connectivity index (χ1v) is 6.81. The van der Waals surface area contributed by atoms with Crippen molar-refractivity contribution in [3.8, 4) is 0 Å². The van der Waals surface area contributed by atoms with Gasteiger partial charge in [-0.1, -0.05) is 6.07 Å². The van der Waals surface area contributed by atoms with Crippen LogP contribution in [0.4, 0.5) is 0 Å². The Morgan fingerprint density at radius 2 is 2.17 bits per heavy atom. The predicted octanol–water partition coefficient (Wildman–Crippen LogP) is 0.980. The van der Waals surface area contributed by atoms with Crippen molar-refractivity contribution in [2.75, 3.05) is 46.3 Å². The first-order valence-electron chi connectivity index (χ1n) is 6.81. The summed E-state index contributed by atoms with van der Waals surface area (Å²) in [5, 5.41) is 3.39. The van der Waals surface area contributed by atoms with E-state index in [-0.39, 0.29) is 0 Å². The zero-order chi connectivity index (χ0) is 12.8. The summed E-state index contributed by atoms with van der Waals surface area (Å²) in [6.07, 6.45) is 1.87. The largest absolute Gasteiger partial charge is 0.314 e. The molecular formula is C14H24N4. The zero-order valence-electron chi connectivity index (χ0n) is 11.5. The molecular weight excluding hydrogens is 224 g/mol. The third-order valence-electron chi connectivity index (χ3n) is 3.76. The van der Waals surface area contributed by atoms with E-state index in [1.54, 1.807) is 0 Å². The fraction of sp³-hybridized carbons (Fsp3) is 0.643. The summed E-state index contributed by atoms with van der Waals surface area (Å²) >= 11 is 0. The monoisotopic (exact) mass is 248 g/mol. The lowest BCUT2D eigenvalue weighted by atomic mass is 10.2. The molecule has 1 saturated heterocycles. The average Bonchev–Trinajstić information content (AvgIpc) is 2.46. The molecule has 18 heavy (non-hydrogen) atoms. The number of rotatable bonds is 5. The van der Waals surface area contributed by atoms with E-state index in [0.29, 0.717) is 6.04 Å². The smallest absolute Gasteiger partial charge is 0.0572 e. The Morgan fingerprint density at radius 1 is 1.39 bits per heavy atom. The van der Waals surface area contributed by atoms with Gasteiger partial charge in [0.05, 0.1) is 5.69 Å². The van der Waals surface area contributed by atoms with Crippen LogP contribution in [0.25, 0.3) is 0 Å². The molecule has 0 bridgehead atoms. The summed E-state index contributed by atoms with van der Waals surface area (Å²) in [6, 6.07) is 6.51. The summed E-state index contributed by atoms with van der Waals surface area (Å²) in [5.74, 6) is 0. The Kier molecular flexibility index (Phi) is 5.11. The molecule has 0 amide bonds. The molecule has 4 heteroatoms. The normalized spacial score (nSPS) is 19.1. The number of hydrogen-bond donors (Lipinski definition) is 1. The number of pyridine rings is 1. The fourth-order valence-corrected chi connectivity index (χ4v) is 2.28. The summed E-state index contributed by atoms with van der Waals surface area (Å²) in [5.41, 5.74) is 1.15. The summed E-state index contributed by atoms with van der Waals surface area (Å²) in [7, 11) is 2.18. The second-order valence-electron chi connectivity index (χ2n) is 5.00. The Balaban J connectivity index is 1.78. The molecule has 1 aromatic rings. The predicted molar refractivity (Wildman–Crippen MR) is 74.6 cm³/mol. The van der Waals surface area contributed by atoms with E-state index < -0.39 is 0 Å². The molecule has 0 spiro atoms. The van der Waals surface area contributed by atoms with Gasteiger partial charge in [0.25, 0.3) is 0 Å². The van der Waals surface area contributed by atoms with Gasteiger partial charge in [0, 0.05) is 51.5 Å². The first kappa shape index (κ1) is 13.5. The fourth-order valence-electron chi connectivity index (χ4n) is 2.28. The minimum absolute atomic E-state index is 0.383. The van der Waals surface area contributed by atoms with Crippen LogP contribution in [0.2, 0.25) is 0 Å². The topological polar surface area (TPSA) is 31.4 Å². The molecule has 0 saturated carbocycles. The highest BCUT2D eigenvalue weighted by Crippen LogP contribution is 2.15. The Hall–Kier alpha value is -0.970. The Morgan fingerprint density at radius 3 is 2.83 bits per heavy atom. The lowest BCUT2D eigenvalue weighted by molar-refractivity contribution is 0.181. The van der Waals surface area contributed by atoms with Gasteiger partial charge in [-0.15, -0.1) is 0 Å². The third-order valence-corrected chi connectivity index (χ3v) is 3.76. The van der Waals surface area contributed by atoms with Crippen LogP contribution in [0.5, 0.6) is 0 Å². The molecule has 1 aliphatic heterocycles. The standard InChI is InChI=1S/C14H24N4/c1-13(14-5-3-4-6-16-14)17(2)11-12-18-9-7-15-8-10-18/h3-6,13,15H,7-12H2,1-2H3. The first-order chi connectivity index (χ1) is 8.77. The molecule has 1 aliphatic rings. The second kappa shape index (κ2) is 6.83. The lowest BCUT2D eigenvalue weighted by Gasteiger charge is -2.31. The van der Waals surface area contributed by atoms with Crippen molar-refractivity contribution in [2.24, 2.45) is 0 Å². The van der Waals surface area contributed by atoms with Crippen LogP contribution in [0.3, 0.4) is 0 Å². The molecule has 100 valence electrons. The lowest BCUT2D eigenvalue weighted by Crippen LogP contribution is -2.46. The van der Waals surface area contributed by atoms with Crippen molar-refractivity contribution >= 4 is 0 Å². The molecule has 1 unspecified atom stereocenters. The Labute approximate surface area is 110 Å². The number of nitrogens with one attached hydrogen (secondary N) is 1. The van der Waals surface area contributed by atoms with Gasteiger partial charge in [-0.25, -0.2) is 0 Å². The van der Waals surface area contributed by atoms with E-state index in [0.717, 1.165) is 31.9 Å². The van der Waals surface area contributed by atoms with E-state index in [4.69, 9.17) is 0 Å². The third kappa shape index (κ3) is 3.77. The van der Waals surface area contributed by atoms with Crippen molar-refractivity contribution in [1.29, 1.82) is 0 Å². The maximum Gasteiger partial charge on any atom is 0.0572 e. The SMILES string of the molecule is CC(c1ccccn1)N(C)CCN1CCNCC1. The molecule has 4 nitrogen and oxygen atoms in total. The van der Waals surface area contributed by atoms with Crippen LogP contribution < -0.4 is 5.32 Å². The highest BCUT2D eigenvalue weighted by molar-refractivity contribution is 5.07. The molecule has 1 N–H and O–H groups in total. The molecule has 1 aromatic heterocycles. The molecule has 0 radical (unpaired) electrons. The van der Waals surface area contributed by atoms with Crippen molar-refractivity contribution in [2.45, 2.75) is 13.0 Å². The summed E-state index contributed by atoms with van der Waals surface area (Å²) < 4.78 is 0. The van der Waals surface area contributed by atoms with E-state index in [9.17, 15) is 0 Å². The average molecular weight is 248 g/mol. The quantitative estimate of drug-likeness (QED) is 0.842. The molecule has 1 atom stereocenters. The van der Waals surface area contributed by atoms with Crippen LogP contribution in [0.15, 0.2) is 24.4 Å². The number of piperazine rings is 1. The number of aromatic nitrogens is 1. The van der Waals surface area contributed by atoms with Gasteiger partial charge in [0.15, 0.2) is 0 Å². The van der Waals surface area contributed by atoms with Crippen molar-refractivity contribution in [3.05, 3.63) is 30.1 Å². The van der Waals surface area contributed by atoms with E-state index in [1.165, 1.54) is 13.1 Å². The molecule has 0 aromatic carbocycles. The molecule has 2 rings (SSSR count). The molecule has 2 heterocycles. The van der Waals surface area contributed by atoms with Crippen molar-refractivity contribution < 1.29 is 0 Å². The second-order valence-corrected chi connectivity index (χ2v) is 5.00. The zero-order valence-corrected chi connectivity index (χ0v) is 11.5. The Bertz CT molecular complexity index is 335. The minimum Gasteiger partial charge on any atom is -0.314 e. The van der Waals surface area contributed by atoms with Gasteiger partial charge in [-0.2, -0.15) is 0 Å². The van der Waals surface area contributed by atoms with Crippen LogP contribution in [-0.4, -0.2) is 61.1 Å². The number of hydrogen-bond acceptors (Lipinski definition) is 4. The maximum atomic E-state index is 4.43. The van der Waals surface area contributed by atoms with E-state index >= 15 is 0 Å². The van der Waals surface area contributed by atoms with Crippen LogP contribution in [-0.2, 0) is 0 Å². The van der Waals surface area contributed by atoms with Crippen LogP contribution in [0.1, 0.15) is 18.7 Å². The van der Waals surface area contributed by atoms with Gasteiger partial charge in [-0.3, -0.25) is 14.8 Å². The maximum absolute atomic E-state index is 4.43. The van der Waals surface area contributed by atoms with Gasteiger partial charge in [0.2, 0.25) is 0 Å². The van der Waals surface area contributed by atoms with Gasteiger partial charge >= 0.3 is 0 Å². The minimum atomic E-state index is 0.383. The molecule has 0 aliphatic carbocycles. The van der Waals surface area contributed by atoms with Crippen LogP contribution in [0, 0.1) is 0 Å². The highest BCUT2D eigenvalue weighted by atomic mass is 15.2. The van der Waals surface area contributed by atoms with Crippen molar-refractivity contribution in [3.63, 3.8) is 0 Å². The van der Waals surface area contributed by atoms with Gasteiger partial charge < -0.3 is 5.32 Å². The van der Waals surface area contributed by atoms with E-state index in [2.05, 4.69) is 46.2 Å². The van der Waals surface area contributed by atoms with Crippen molar-refractivity contribution in [1.82, 2.24) is 20.1 Å².